The Hall–Kier alpha value is -1.03. The molecule has 0 radical (unpaired) electrons. The molecule has 1 saturated carbocycles. The number of amidine groups is 1. The van der Waals surface area contributed by atoms with Gasteiger partial charge in [-0.25, -0.2) is 0 Å². The molecule has 14 heavy (non-hydrogen) atoms. The molecule has 4 heteroatoms. The third kappa shape index (κ3) is 2.07. The van der Waals surface area contributed by atoms with Crippen LogP contribution in [0.25, 0.3) is 0 Å². The lowest BCUT2D eigenvalue weighted by atomic mass is 10.2. The molecular weight excluding hydrogens is 242 g/mol. The monoisotopic (exact) mass is 253 g/mol. The number of benzene rings is 1. The fourth-order valence-electron chi connectivity index (χ4n) is 1.25. The molecule has 74 valence electrons. The molecule has 1 aliphatic rings. The van der Waals surface area contributed by atoms with Gasteiger partial charge in [-0.3, -0.25) is 5.41 Å². The van der Waals surface area contributed by atoms with Crippen LogP contribution in [0.5, 0.6) is 0 Å². The molecule has 0 bridgehead atoms. The van der Waals surface area contributed by atoms with Crippen molar-refractivity contribution in [3.63, 3.8) is 0 Å². The van der Waals surface area contributed by atoms with Gasteiger partial charge in [-0.15, -0.1) is 0 Å². The standard InChI is InChI=1S/C10H12BrN3/c11-8-5-6(10(12)13)1-4-9(8)14-7-2-3-7/h1,4-5,7,14H,2-3H2,(H3,12,13). The average molecular weight is 254 g/mol. The summed E-state index contributed by atoms with van der Waals surface area (Å²) in [5, 5.41) is 10.7. The minimum absolute atomic E-state index is 0.101. The van der Waals surface area contributed by atoms with Crippen molar-refractivity contribution in [2.45, 2.75) is 18.9 Å². The van der Waals surface area contributed by atoms with Crippen molar-refractivity contribution in [1.29, 1.82) is 5.41 Å². The Morgan fingerprint density at radius 3 is 2.71 bits per heavy atom. The summed E-state index contributed by atoms with van der Waals surface area (Å²) in [7, 11) is 0. The lowest BCUT2D eigenvalue weighted by Gasteiger charge is -2.08. The summed E-state index contributed by atoms with van der Waals surface area (Å²) in [5.41, 5.74) is 7.22. The summed E-state index contributed by atoms with van der Waals surface area (Å²) in [6.45, 7) is 0. The minimum Gasteiger partial charge on any atom is -0.384 e. The summed E-state index contributed by atoms with van der Waals surface area (Å²) in [6, 6.07) is 6.32. The predicted molar refractivity (Wildman–Crippen MR) is 61.8 cm³/mol. The third-order valence-corrected chi connectivity index (χ3v) is 2.87. The van der Waals surface area contributed by atoms with Gasteiger partial charge in [0.15, 0.2) is 0 Å². The second-order valence-electron chi connectivity index (χ2n) is 3.53. The van der Waals surface area contributed by atoms with Crippen LogP contribution in [0, 0.1) is 5.41 Å². The molecule has 1 aromatic carbocycles. The van der Waals surface area contributed by atoms with Crippen molar-refractivity contribution in [3.8, 4) is 0 Å². The number of hydrogen-bond acceptors (Lipinski definition) is 2. The summed E-state index contributed by atoms with van der Waals surface area (Å²) in [5.74, 6) is 0.101. The highest BCUT2D eigenvalue weighted by Gasteiger charge is 2.21. The number of nitrogen functional groups attached to an aromatic ring is 1. The highest BCUT2D eigenvalue weighted by Crippen LogP contribution is 2.30. The van der Waals surface area contributed by atoms with Crippen molar-refractivity contribution in [2.75, 3.05) is 5.32 Å². The van der Waals surface area contributed by atoms with Crippen LogP contribution in [0.4, 0.5) is 5.69 Å². The smallest absolute Gasteiger partial charge is 0.122 e. The van der Waals surface area contributed by atoms with Gasteiger partial charge in [0, 0.05) is 21.8 Å². The van der Waals surface area contributed by atoms with Gasteiger partial charge in [-0.05, 0) is 47.0 Å². The first-order chi connectivity index (χ1) is 6.66. The van der Waals surface area contributed by atoms with E-state index >= 15 is 0 Å². The van der Waals surface area contributed by atoms with Crippen LogP contribution in [-0.2, 0) is 0 Å². The topological polar surface area (TPSA) is 61.9 Å². The quantitative estimate of drug-likeness (QED) is 0.572. The molecule has 1 aliphatic carbocycles. The second kappa shape index (κ2) is 3.61. The number of nitrogens with one attached hydrogen (secondary N) is 2. The summed E-state index contributed by atoms with van der Waals surface area (Å²) >= 11 is 3.46. The maximum Gasteiger partial charge on any atom is 0.122 e. The predicted octanol–water partition coefficient (Wildman–Crippen LogP) is 2.31. The van der Waals surface area contributed by atoms with Crippen molar-refractivity contribution in [3.05, 3.63) is 28.2 Å². The molecule has 3 nitrogen and oxygen atoms in total. The van der Waals surface area contributed by atoms with Crippen LogP contribution in [0.3, 0.4) is 0 Å². The van der Waals surface area contributed by atoms with Crippen LogP contribution in [0.1, 0.15) is 18.4 Å². The Morgan fingerprint density at radius 2 is 2.21 bits per heavy atom. The van der Waals surface area contributed by atoms with Gasteiger partial charge in [0.25, 0.3) is 0 Å². The molecule has 0 unspecified atom stereocenters. The molecule has 4 N–H and O–H groups in total. The van der Waals surface area contributed by atoms with E-state index in [0.29, 0.717) is 6.04 Å². The van der Waals surface area contributed by atoms with Crippen molar-refractivity contribution in [2.24, 2.45) is 5.73 Å². The normalized spacial score (nSPS) is 15.2. The van der Waals surface area contributed by atoms with Crippen LogP contribution in [-0.4, -0.2) is 11.9 Å². The van der Waals surface area contributed by atoms with Gasteiger partial charge < -0.3 is 11.1 Å². The Labute approximate surface area is 91.3 Å². The molecule has 0 heterocycles. The molecule has 0 aromatic heterocycles. The molecule has 2 rings (SSSR count). The number of rotatable bonds is 3. The number of halogens is 1. The van der Waals surface area contributed by atoms with E-state index < -0.39 is 0 Å². The Kier molecular flexibility index (Phi) is 2.46. The highest BCUT2D eigenvalue weighted by atomic mass is 79.9. The van der Waals surface area contributed by atoms with Gasteiger partial charge in [-0.1, -0.05) is 0 Å². The van der Waals surface area contributed by atoms with Crippen molar-refractivity contribution in [1.82, 2.24) is 0 Å². The van der Waals surface area contributed by atoms with Crippen LogP contribution >= 0.6 is 15.9 Å². The molecule has 0 amide bonds. The van der Waals surface area contributed by atoms with Crippen LogP contribution < -0.4 is 11.1 Å². The van der Waals surface area contributed by atoms with Gasteiger partial charge in [0.1, 0.15) is 5.84 Å². The molecule has 0 saturated heterocycles. The van der Waals surface area contributed by atoms with Gasteiger partial charge in [0.05, 0.1) is 0 Å². The van der Waals surface area contributed by atoms with Gasteiger partial charge >= 0.3 is 0 Å². The summed E-state index contributed by atoms with van der Waals surface area (Å²) in [6.07, 6.45) is 2.50. The first-order valence-corrected chi connectivity index (χ1v) is 5.36. The molecule has 1 fully saturated rings. The zero-order chi connectivity index (χ0) is 10.1. The number of anilines is 1. The maximum atomic E-state index is 7.29. The Balaban J connectivity index is 2.21. The van der Waals surface area contributed by atoms with E-state index in [1.807, 2.05) is 18.2 Å². The van der Waals surface area contributed by atoms with Crippen molar-refractivity contribution >= 4 is 27.5 Å². The minimum atomic E-state index is 0.101. The summed E-state index contributed by atoms with van der Waals surface area (Å²) < 4.78 is 0.970. The Morgan fingerprint density at radius 1 is 1.50 bits per heavy atom. The van der Waals surface area contributed by atoms with Crippen LogP contribution in [0.15, 0.2) is 22.7 Å². The third-order valence-electron chi connectivity index (χ3n) is 2.22. The maximum absolute atomic E-state index is 7.29. The zero-order valence-electron chi connectivity index (χ0n) is 7.68. The van der Waals surface area contributed by atoms with Gasteiger partial charge in [-0.2, -0.15) is 0 Å². The Bertz CT molecular complexity index is 372. The van der Waals surface area contributed by atoms with E-state index in [1.54, 1.807) is 0 Å². The van der Waals surface area contributed by atoms with Crippen LogP contribution in [0.2, 0.25) is 0 Å². The number of nitrogens with two attached hydrogens (primary N) is 1. The fraction of sp³-hybridized carbons (Fsp3) is 0.300. The van der Waals surface area contributed by atoms with E-state index in [9.17, 15) is 0 Å². The van der Waals surface area contributed by atoms with E-state index in [2.05, 4.69) is 21.2 Å². The first kappa shape index (κ1) is 9.52. The fourth-order valence-corrected chi connectivity index (χ4v) is 1.74. The van der Waals surface area contributed by atoms with E-state index in [1.165, 1.54) is 12.8 Å². The van der Waals surface area contributed by atoms with Crippen molar-refractivity contribution < 1.29 is 0 Å². The van der Waals surface area contributed by atoms with E-state index in [-0.39, 0.29) is 5.84 Å². The number of hydrogen-bond donors (Lipinski definition) is 3. The lowest BCUT2D eigenvalue weighted by Crippen LogP contribution is -2.11. The highest BCUT2D eigenvalue weighted by molar-refractivity contribution is 9.10. The zero-order valence-corrected chi connectivity index (χ0v) is 9.26. The van der Waals surface area contributed by atoms with E-state index in [0.717, 1.165) is 15.7 Å². The lowest BCUT2D eigenvalue weighted by molar-refractivity contribution is 1.15. The summed E-state index contributed by atoms with van der Waals surface area (Å²) in [4.78, 5) is 0. The molecule has 0 spiro atoms. The average Bonchev–Trinajstić information content (AvgIpc) is 2.92. The van der Waals surface area contributed by atoms with Gasteiger partial charge in [0.2, 0.25) is 0 Å². The van der Waals surface area contributed by atoms with E-state index in [4.69, 9.17) is 11.1 Å². The molecule has 0 aliphatic heterocycles. The molecule has 0 atom stereocenters. The molecular formula is C10H12BrN3. The largest absolute Gasteiger partial charge is 0.384 e. The second-order valence-corrected chi connectivity index (χ2v) is 4.38. The molecule has 1 aromatic rings. The SMILES string of the molecule is N=C(N)c1ccc(NC2CC2)c(Br)c1. The first-order valence-electron chi connectivity index (χ1n) is 4.57.